The number of amides is 1. The second-order valence-corrected chi connectivity index (χ2v) is 6.06. The summed E-state index contributed by atoms with van der Waals surface area (Å²) in [5, 5.41) is 7.20. The third kappa shape index (κ3) is 2.79. The Labute approximate surface area is 149 Å². The largest absolute Gasteiger partial charge is 0.461 e. The summed E-state index contributed by atoms with van der Waals surface area (Å²) in [5.41, 5.74) is 10.5. The number of carbonyl (C=O) groups is 1. The van der Waals surface area contributed by atoms with Crippen molar-refractivity contribution < 1.29 is 9.21 Å². The van der Waals surface area contributed by atoms with Crippen molar-refractivity contribution in [1.82, 2.24) is 14.6 Å². The maximum atomic E-state index is 11.3. The van der Waals surface area contributed by atoms with E-state index < -0.39 is 0 Å². The molecule has 1 amide bonds. The molecule has 4 aromatic rings. The van der Waals surface area contributed by atoms with Crippen LogP contribution >= 0.6 is 0 Å². The van der Waals surface area contributed by atoms with Gasteiger partial charge in [0.2, 0.25) is 11.7 Å². The van der Waals surface area contributed by atoms with Crippen molar-refractivity contribution in [2.75, 3.05) is 11.1 Å². The van der Waals surface area contributed by atoms with E-state index >= 15 is 0 Å². The van der Waals surface area contributed by atoms with Crippen LogP contribution in [0.1, 0.15) is 12.5 Å². The minimum absolute atomic E-state index is 0.0968. The van der Waals surface area contributed by atoms with Crippen LogP contribution in [-0.2, 0) is 4.79 Å². The van der Waals surface area contributed by atoms with Crippen LogP contribution < -0.4 is 11.1 Å². The van der Waals surface area contributed by atoms with E-state index in [-0.39, 0.29) is 5.91 Å². The van der Waals surface area contributed by atoms with Crippen LogP contribution in [0.15, 0.2) is 53.1 Å². The van der Waals surface area contributed by atoms with E-state index in [9.17, 15) is 4.79 Å². The zero-order valence-electron chi connectivity index (χ0n) is 14.4. The maximum absolute atomic E-state index is 11.3. The summed E-state index contributed by atoms with van der Waals surface area (Å²) >= 11 is 0. The molecule has 3 heterocycles. The van der Waals surface area contributed by atoms with Crippen LogP contribution in [0.2, 0.25) is 0 Å². The SMILES string of the molecule is CC(=O)Nc1ccc(-c2cc(N)n3nc(-c4ccco4)nc3c2)cc1C. The lowest BCUT2D eigenvalue weighted by molar-refractivity contribution is -0.114. The first-order valence-electron chi connectivity index (χ1n) is 8.10. The minimum Gasteiger partial charge on any atom is -0.461 e. The summed E-state index contributed by atoms with van der Waals surface area (Å²) in [6.07, 6.45) is 1.58. The van der Waals surface area contributed by atoms with Crippen molar-refractivity contribution in [2.24, 2.45) is 0 Å². The van der Waals surface area contributed by atoms with Crippen LogP contribution in [0.5, 0.6) is 0 Å². The summed E-state index contributed by atoms with van der Waals surface area (Å²) in [6.45, 7) is 3.44. The number of carbonyl (C=O) groups excluding carboxylic acids is 1. The second-order valence-electron chi connectivity index (χ2n) is 6.06. The molecule has 0 aliphatic carbocycles. The third-order valence-corrected chi connectivity index (χ3v) is 4.08. The highest BCUT2D eigenvalue weighted by molar-refractivity contribution is 5.90. The normalized spacial score (nSPS) is 11.0. The van der Waals surface area contributed by atoms with Gasteiger partial charge in [0.25, 0.3) is 0 Å². The Bertz CT molecular complexity index is 1110. The molecule has 0 aliphatic heterocycles. The van der Waals surface area contributed by atoms with E-state index in [2.05, 4.69) is 15.4 Å². The first-order chi connectivity index (χ1) is 12.5. The zero-order valence-corrected chi connectivity index (χ0v) is 14.4. The molecule has 26 heavy (non-hydrogen) atoms. The average molecular weight is 347 g/mol. The van der Waals surface area contributed by atoms with E-state index in [1.54, 1.807) is 22.9 Å². The first kappa shape index (κ1) is 15.9. The van der Waals surface area contributed by atoms with Gasteiger partial charge >= 0.3 is 0 Å². The van der Waals surface area contributed by atoms with E-state index in [1.165, 1.54) is 6.92 Å². The molecule has 0 saturated heterocycles. The zero-order chi connectivity index (χ0) is 18.3. The molecule has 4 rings (SSSR count). The Morgan fingerprint density at radius 2 is 2.04 bits per heavy atom. The molecule has 0 aliphatic rings. The summed E-state index contributed by atoms with van der Waals surface area (Å²) in [5.74, 6) is 1.45. The predicted octanol–water partition coefficient (Wildman–Crippen LogP) is 3.51. The van der Waals surface area contributed by atoms with Crippen LogP contribution in [0.4, 0.5) is 11.5 Å². The summed E-state index contributed by atoms with van der Waals surface area (Å²) in [6, 6.07) is 13.2. The summed E-state index contributed by atoms with van der Waals surface area (Å²) < 4.78 is 6.93. The standard InChI is InChI=1S/C19H17N5O2/c1-11-8-13(5-6-15(11)21-12(2)25)14-9-17(20)24-18(10-14)22-19(23-24)16-4-3-7-26-16/h3-10H,20H2,1-2H3,(H,21,25). The molecule has 3 aromatic heterocycles. The molecule has 1 aromatic carbocycles. The number of nitrogens with one attached hydrogen (secondary N) is 1. The Morgan fingerprint density at radius 1 is 1.19 bits per heavy atom. The molecule has 0 radical (unpaired) electrons. The lowest BCUT2D eigenvalue weighted by atomic mass is 10.0. The highest BCUT2D eigenvalue weighted by Crippen LogP contribution is 2.28. The van der Waals surface area contributed by atoms with Crippen molar-refractivity contribution >= 4 is 23.1 Å². The number of hydrogen-bond donors (Lipinski definition) is 2. The number of fused-ring (bicyclic) bond motifs is 1. The van der Waals surface area contributed by atoms with Crippen molar-refractivity contribution in [2.45, 2.75) is 13.8 Å². The minimum atomic E-state index is -0.0968. The molecule has 0 unspecified atom stereocenters. The average Bonchev–Trinajstić information content (AvgIpc) is 3.25. The molecule has 0 atom stereocenters. The van der Waals surface area contributed by atoms with Crippen molar-refractivity contribution in [3.63, 3.8) is 0 Å². The van der Waals surface area contributed by atoms with Crippen molar-refractivity contribution in [1.29, 1.82) is 0 Å². The molecular weight excluding hydrogens is 330 g/mol. The van der Waals surface area contributed by atoms with Gasteiger partial charge in [0.15, 0.2) is 11.4 Å². The Hall–Kier alpha value is -3.61. The van der Waals surface area contributed by atoms with Crippen molar-refractivity contribution in [3.8, 4) is 22.7 Å². The van der Waals surface area contributed by atoms with Gasteiger partial charge in [-0.25, -0.2) is 4.98 Å². The number of anilines is 2. The van der Waals surface area contributed by atoms with Gasteiger partial charge in [-0.1, -0.05) is 6.07 Å². The Balaban J connectivity index is 1.77. The number of aromatic nitrogens is 3. The number of rotatable bonds is 3. The smallest absolute Gasteiger partial charge is 0.221 e. The van der Waals surface area contributed by atoms with Gasteiger partial charge in [-0.2, -0.15) is 4.52 Å². The topological polar surface area (TPSA) is 98.5 Å². The fourth-order valence-electron chi connectivity index (χ4n) is 2.86. The number of nitrogen functional groups attached to an aromatic ring is 1. The fourth-order valence-corrected chi connectivity index (χ4v) is 2.86. The van der Waals surface area contributed by atoms with Gasteiger partial charge in [-0.3, -0.25) is 4.79 Å². The predicted molar refractivity (Wildman–Crippen MR) is 99.6 cm³/mol. The number of nitrogens with zero attached hydrogens (tertiary/aromatic N) is 3. The number of pyridine rings is 1. The molecule has 7 heteroatoms. The molecule has 0 bridgehead atoms. The van der Waals surface area contributed by atoms with Crippen LogP contribution in [-0.4, -0.2) is 20.5 Å². The second kappa shape index (κ2) is 6.03. The van der Waals surface area contributed by atoms with Crippen LogP contribution in [0.25, 0.3) is 28.4 Å². The molecule has 0 saturated carbocycles. The highest BCUT2D eigenvalue weighted by Gasteiger charge is 2.13. The molecular formula is C19H17N5O2. The van der Waals surface area contributed by atoms with Crippen molar-refractivity contribution in [3.05, 3.63) is 54.3 Å². The van der Waals surface area contributed by atoms with Gasteiger partial charge < -0.3 is 15.5 Å². The van der Waals surface area contributed by atoms with Gasteiger partial charge in [-0.15, -0.1) is 5.10 Å². The van der Waals surface area contributed by atoms with E-state index in [1.807, 2.05) is 37.3 Å². The molecule has 7 nitrogen and oxygen atoms in total. The van der Waals surface area contributed by atoms with Crippen LogP contribution in [0.3, 0.4) is 0 Å². The van der Waals surface area contributed by atoms with E-state index in [0.29, 0.717) is 23.0 Å². The van der Waals surface area contributed by atoms with E-state index in [0.717, 1.165) is 22.4 Å². The number of hydrogen-bond acceptors (Lipinski definition) is 5. The number of aryl methyl sites for hydroxylation is 1. The summed E-state index contributed by atoms with van der Waals surface area (Å²) in [4.78, 5) is 15.8. The van der Waals surface area contributed by atoms with Gasteiger partial charge in [0, 0.05) is 12.6 Å². The lowest BCUT2D eigenvalue weighted by Gasteiger charge is -2.10. The summed E-state index contributed by atoms with van der Waals surface area (Å²) in [7, 11) is 0. The third-order valence-electron chi connectivity index (χ3n) is 4.08. The lowest BCUT2D eigenvalue weighted by Crippen LogP contribution is -2.07. The van der Waals surface area contributed by atoms with E-state index in [4.69, 9.17) is 10.2 Å². The molecule has 130 valence electrons. The number of benzene rings is 1. The van der Waals surface area contributed by atoms with Gasteiger partial charge in [-0.05, 0) is 60.0 Å². The van der Waals surface area contributed by atoms with Crippen LogP contribution in [0, 0.1) is 6.92 Å². The maximum Gasteiger partial charge on any atom is 0.221 e. The van der Waals surface area contributed by atoms with Gasteiger partial charge in [0.05, 0.1) is 6.26 Å². The number of furan rings is 1. The highest BCUT2D eigenvalue weighted by atomic mass is 16.3. The molecule has 0 spiro atoms. The molecule has 0 fully saturated rings. The monoisotopic (exact) mass is 347 g/mol. The Morgan fingerprint density at radius 3 is 2.73 bits per heavy atom. The van der Waals surface area contributed by atoms with Gasteiger partial charge in [0.1, 0.15) is 5.82 Å². The number of nitrogens with two attached hydrogens (primary N) is 1. The quantitative estimate of drug-likeness (QED) is 0.591. The first-order valence-corrected chi connectivity index (χ1v) is 8.10. The molecule has 3 N–H and O–H groups in total. The Kier molecular flexibility index (Phi) is 3.69. The fraction of sp³-hybridized carbons (Fsp3) is 0.105.